The van der Waals surface area contributed by atoms with E-state index < -0.39 is 26.2 Å². The molecular weight excluding hydrogens is 456 g/mol. The lowest BCUT2D eigenvalue weighted by atomic mass is 9.96. The molecule has 2 aromatic carbocycles. The number of amides is 1. The fourth-order valence-corrected chi connectivity index (χ4v) is 4.76. The Morgan fingerprint density at radius 1 is 1.03 bits per heavy atom. The molecule has 7 heteroatoms. The molecule has 0 spiro atoms. The highest BCUT2D eigenvalue weighted by atomic mass is 28.4. The van der Waals surface area contributed by atoms with Gasteiger partial charge in [-0.05, 0) is 72.9 Å². The first-order valence-electron chi connectivity index (χ1n) is 11.9. The quantitative estimate of drug-likeness (QED) is 0.336. The zero-order valence-electron chi connectivity index (χ0n) is 22.0. The van der Waals surface area contributed by atoms with Gasteiger partial charge in [-0.3, -0.25) is 4.79 Å². The molecule has 0 fully saturated rings. The van der Waals surface area contributed by atoms with Crippen LogP contribution >= 0.6 is 0 Å². The molecule has 1 aromatic heterocycles. The zero-order chi connectivity index (χ0) is 26.0. The molecule has 0 unspecified atom stereocenters. The van der Waals surface area contributed by atoms with Crippen molar-refractivity contribution < 1.29 is 18.8 Å². The normalized spacial score (nSPS) is 12.8. The molecule has 1 amide bonds. The van der Waals surface area contributed by atoms with E-state index in [-0.39, 0.29) is 10.7 Å². The van der Waals surface area contributed by atoms with Gasteiger partial charge in [-0.15, -0.1) is 0 Å². The van der Waals surface area contributed by atoms with Gasteiger partial charge in [0.15, 0.2) is 0 Å². The van der Waals surface area contributed by atoms with Crippen LogP contribution in [0.25, 0.3) is 10.9 Å². The average molecular weight is 493 g/mol. The number of ether oxygens (including phenoxy) is 1. The molecule has 186 valence electrons. The second kappa shape index (κ2) is 10.2. The summed E-state index contributed by atoms with van der Waals surface area (Å²) in [5.74, 6) is -0.0757. The van der Waals surface area contributed by atoms with Gasteiger partial charge in [-0.2, -0.15) is 0 Å². The number of aryl methyl sites for hydroxylation is 2. The predicted molar refractivity (Wildman–Crippen MR) is 142 cm³/mol. The molecule has 0 radical (unpaired) electrons. The second-order valence-electron chi connectivity index (χ2n) is 10.5. The number of rotatable bonds is 7. The van der Waals surface area contributed by atoms with Crippen molar-refractivity contribution in [3.63, 3.8) is 0 Å². The van der Waals surface area contributed by atoms with Crippen LogP contribution in [-0.4, -0.2) is 38.3 Å². The van der Waals surface area contributed by atoms with Crippen LogP contribution in [0.3, 0.4) is 0 Å². The number of esters is 1. The number of nitrogens with zero attached hydrogens (tertiary/aromatic N) is 1. The first-order chi connectivity index (χ1) is 16.3. The van der Waals surface area contributed by atoms with E-state index in [0.717, 1.165) is 33.3 Å². The Balaban J connectivity index is 1.84. The third kappa shape index (κ3) is 6.09. The predicted octanol–water partition coefficient (Wildman–Crippen LogP) is 5.75. The number of benzene rings is 2. The monoisotopic (exact) mass is 492 g/mol. The van der Waals surface area contributed by atoms with Gasteiger partial charge in [-0.25, -0.2) is 9.78 Å². The Kier molecular flexibility index (Phi) is 7.70. The largest absolute Gasteiger partial charge is 0.543 e. The maximum absolute atomic E-state index is 13.0. The van der Waals surface area contributed by atoms with E-state index in [9.17, 15) is 9.59 Å². The maximum atomic E-state index is 13.0. The smallest absolute Gasteiger partial charge is 0.328 e. The Hall–Kier alpha value is -3.19. The second-order valence-corrected chi connectivity index (χ2v) is 15.3. The summed E-state index contributed by atoms with van der Waals surface area (Å²) < 4.78 is 11.5. The zero-order valence-corrected chi connectivity index (χ0v) is 23.0. The maximum Gasteiger partial charge on any atom is 0.328 e. The lowest BCUT2D eigenvalue weighted by Gasteiger charge is -2.36. The van der Waals surface area contributed by atoms with Gasteiger partial charge in [0.1, 0.15) is 17.5 Å². The first kappa shape index (κ1) is 26.4. The van der Waals surface area contributed by atoms with E-state index in [1.165, 1.54) is 7.11 Å². The van der Waals surface area contributed by atoms with Crippen LogP contribution in [0.5, 0.6) is 5.75 Å². The summed E-state index contributed by atoms with van der Waals surface area (Å²) in [6, 6.07) is 14.3. The number of nitrogens with one attached hydrogen (secondary N) is 1. The summed E-state index contributed by atoms with van der Waals surface area (Å²) in [5.41, 5.74) is 3.97. The summed E-state index contributed by atoms with van der Waals surface area (Å²) in [4.78, 5) is 30.0. The summed E-state index contributed by atoms with van der Waals surface area (Å²) in [5, 5.41) is 3.86. The summed E-state index contributed by atoms with van der Waals surface area (Å²) in [7, 11) is -0.657. The van der Waals surface area contributed by atoms with Gasteiger partial charge >= 0.3 is 5.97 Å². The lowest BCUT2D eigenvalue weighted by molar-refractivity contribution is -0.142. The van der Waals surface area contributed by atoms with Gasteiger partial charge in [0.2, 0.25) is 8.32 Å². The summed E-state index contributed by atoms with van der Waals surface area (Å²) in [6.45, 7) is 15.1. The highest BCUT2D eigenvalue weighted by Crippen LogP contribution is 2.38. The van der Waals surface area contributed by atoms with E-state index in [2.05, 4.69) is 44.2 Å². The summed E-state index contributed by atoms with van der Waals surface area (Å²) >= 11 is 0. The fourth-order valence-electron chi connectivity index (χ4n) is 3.75. The number of pyridine rings is 1. The van der Waals surface area contributed by atoms with E-state index in [1.54, 1.807) is 6.07 Å². The fraction of sp³-hybridized carbons (Fsp3) is 0.393. The molecule has 3 aromatic rings. The molecule has 6 nitrogen and oxygen atoms in total. The van der Waals surface area contributed by atoms with Gasteiger partial charge in [0, 0.05) is 11.8 Å². The van der Waals surface area contributed by atoms with E-state index in [1.807, 2.05) is 56.3 Å². The molecule has 0 aliphatic heterocycles. The van der Waals surface area contributed by atoms with Crippen molar-refractivity contribution in [3.05, 3.63) is 70.9 Å². The average Bonchev–Trinajstić information content (AvgIpc) is 2.78. The SMILES string of the molecule is COC(=O)[C@H](Cc1c(C)cc(O[Si](C)(C)C(C)(C)C)cc1C)NC(=O)c1ccc2ccccc2n1. The van der Waals surface area contributed by atoms with Crippen LogP contribution in [0, 0.1) is 13.8 Å². The van der Waals surface area contributed by atoms with Gasteiger partial charge in [0.25, 0.3) is 5.91 Å². The van der Waals surface area contributed by atoms with Crippen molar-refractivity contribution in [2.45, 2.75) is 65.2 Å². The van der Waals surface area contributed by atoms with Crippen LogP contribution in [0.4, 0.5) is 0 Å². The van der Waals surface area contributed by atoms with Crippen molar-refractivity contribution in [3.8, 4) is 5.75 Å². The third-order valence-corrected chi connectivity index (χ3v) is 11.2. The summed E-state index contributed by atoms with van der Waals surface area (Å²) in [6.07, 6.45) is 0.310. The first-order valence-corrected chi connectivity index (χ1v) is 14.8. The lowest BCUT2D eigenvalue weighted by Crippen LogP contribution is -2.44. The van der Waals surface area contributed by atoms with E-state index in [4.69, 9.17) is 9.16 Å². The van der Waals surface area contributed by atoms with E-state index in [0.29, 0.717) is 6.42 Å². The highest BCUT2D eigenvalue weighted by molar-refractivity contribution is 6.74. The highest BCUT2D eigenvalue weighted by Gasteiger charge is 2.39. The van der Waals surface area contributed by atoms with Crippen molar-refractivity contribution in [1.82, 2.24) is 10.3 Å². The topological polar surface area (TPSA) is 77.5 Å². The molecule has 3 rings (SSSR count). The number of carbonyl (C=O) groups is 2. The molecule has 0 saturated heterocycles. The molecule has 0 bridgehead atoms. The molecule has 0 saturated carbocycles. The van der Waals surface area contributed by atoms with Gasteiger partial charge < -0.3 is 14.5 Å². The Morgan fingerprint density at radius 2 is 1.66 bits per heavy atom. The molecule has 35 heavy (non-hydrogen) atoms. The number of methoxy groups -OCH3 is 1. The number of hydrogen-bond donors (Lipinski definition) is 1. The standard InChI is InChI=1S/C28H36N2O4Si/c1-18-15-21(34-35(7,8)28(3,4)5)16-19(2)22(18)17-25(27(32)33-6)30-26(31)24-14-13-20-11-9-10-12-23(20)29-24/h9-16,25H,17H2,1-8H3,(H,30,31)/t25-/m0/s1. The number of fused-ring (bicyclic) bond motifs is 1. The molecule has 0 aliphatic rings. The number of aromatic nitrogens is 1. The van der Waals surface area contributed by atoms with Crippen LogP contribution in [0.1, 0.15) is 48.0 Å². The molecule has 0 aliphatic carbocycles. The van der Waals surface area contributed by atoms with Crippen LogP contribution < -0.4 is 9.74 Å². The van der Waals surface area contributed by atoms with E-state index >= 15 is 0 Å². The molecule has 1 atom stereocenters. The minimum atomic E-state index is -1.98. The van der Waals surface area contributed by atoms with Crippen LogP contribution in [0.15, 0.2) is 48.5 Å². The Morgan fingerprint density at radius 3 is 2.26 bits per heavy atom. The minimum absolute atomic E-state index is 0.0878. The molecule has 1 heterocycles. The number of para-hydroxylation sites is 1. The van der Waals surface area contributed by atoms with Crippen molar-refractivity contribution in [1.29, 1.82) is 0 Å². The Bertz CT molecular complexity index is 1220. The van der Waals surface area contributed by atoms with Crippen molar-refractivity contribution in [2.75, 3.05) is 7.11 Å². The van der Waals surface area contributed by atoms with Gasteiger partial charge in [0.05, 0.1) is 12.6 Å². The number of carbonyl (C=O) groups excluding carboxylic acids is 2. The molecular formula is C28H36N2O4Si. The van der Waals surface area contributed by atoms with Crippen molar-refractivity contribution >= 4 is 31.1 Å². The van der Waals surface area contributed by atoms with Crippen LogP contribution in [0.2, 0.25) is 18.1 Å². The van der Waals surface area contributed by atoms with Crippen LogP contribution in [-0.2, 0) is 16.0 Å². The minimum Gasteiger partial charge on any atom is -0.543 e. The third-order valence-electron chi connectivity index (χ3n) is 6.88. The van der Waals surface area contributed by atoms with Gasteiger partial charge in [-0.1, -0.05) is 45.0 Å². The molecule has 1 N–H and O–H groups in total. The number of hydrogen-bond acceptors (Lipinski definition) is 5. The Labute approximate surface area is 209 Å². The van der Waals surface area contributed by atoms with Crippen molar-refractivity contribution in [2.24, 2.45) is 0 Å².